The average Bonchev–Trinajstić information content (AvgIpc) is 3.10. The van der Waals surface area contributed by atoms with Gasteiger partial charge in [0.15, 0.2) is 5.96 Å². The van der Waals surface area contributed by atoms with Gasteiger partial charge in [-0.05, 0) is 39.6 Å². The number of aliphatic imine (C=N–C) groups is 1. The van der Waals surface area contributed by atoms with Gasteiger partial charge in [0.1, 0.15) is 0 Å². The van der Waals surface area contributed by atoms with E-state index < -0.39 is 0 Å². The minimum atomic E-state index is 0.439. The van der Waals surface area contributed by atoms with Gasteiger partial charge in [0.2, 0.25) is 0 Å². The fourth-order valence-corrected chi connectivity index (χ4v) is 3.79. The summed E-state index contributed by atoms with van der Waals surface area (Å²) in [6.07, 6.45) is 1.14. The third kappa shape index (κ3) is 4.89. The summed E-state index contributed by atoms with van der Waals surface area (Å²) in [5.41, 5.74) is 2.63. The highest BCUT2D eigenvalue weighted by Gasteiger charge is 2.25. The van der Waals surface area contributed by atoms with Crippen molar-refractivity contribution in [2.75, 3.05) is 65.3 Å². The molecule has 0 radical (unpaired) electrons. The molecule has 0 amide bonds. The van der Waals surface area contributed by atoms with Crippen molar-refractivity contribution >= 4 is 11.6 Å². The molecule has 2 heterocycles. The number of piperazine rings is 1. The number of likely N-dealkylation sites (N-methyl/N-ethyl adjacent to an activating group) is 2. The molecule has 2 fully saturated rings. The summed E-state index contributed by atoms with van der Waals surface area (Å²) < 4.78 is 0. The van der Waals surface area contributed by atoms with Crippen LogP contribution in [0.3, 0.4) is 0 Å². The highest BCUT2D eigenvalue weighted by Crippen LogP contribution is 2.20. The second-order valence-electron chi connectivity index (χ2n) is 7.76. The molecule has 6 nitrogen and oxygen atoms in total. The molecule has 26 heavy (non-hydrogen) atoms. The normalized spacial score (nSPS) is 25.5. The minimum Gasteiger partial charge on any atom is -0.369 e. The van der Waals surface area contributed by atoms with Gasteiger partial charge in [-0.25, -0.2) is 0 Å². The number of nitrogens with one attached hydrogen (secondary N) is 2. The topological polar surface area (TPSA) is 46.1 Å². The maximum Gasteiger partial charge on any atom is 0.191 e. The Morgan fingerprint density at radius 1 is 1.12 bits per heavy atom. The fraction of sp³-hybridized carbons (Fsp3) is 0.650. The van der Waals surface area contributed by atoms with Gasteiger partial charge < -0.3 is 20.4 Å². The van der Waals surface area contributed by atoms with Gasteiger partial charge in [0.05, 0.1) is 0 Å². The zero-order valence-corrected chi connectivity index (χ0v) is 16.7. The predicted molar refractivity (Wildman–Crippen MR) is 110 cm³/mol. The Balaban J connectivity index is 1.47. The molecule has 2 N–H and O–H groups in total. The van der Waals surface area contributed by atoms with E-state index in [1.807, 2.05) is 7.05 Å². The zero-order valence-electron chi connectivity index (χ0n) is 16.7. The van der Waals surface area contributed by atoms with Gasteiger partial charge in [-0.3, -0.25) is 9.89 Å². The second-order valence-corrected chi connectivity index (χ2v) is 7.76. The zero-order chi connectivity index (χ0) is 18.5. The van der Waals surface area contributed by atoms with E-state index in [0.717, 1.165) is 51.6 Å². The van der Waals surface area contributed by atoms with Gasteiger partial charge in [-0.2, -0.15) is 0 Å². The lowest BCUT2D eigenvalue weighted by molar-refractivity contribution is 0.116. The fourth-order valence-electron chi connectivity index (χ4n) is 3.79. The third-order valence-corrected chi connectivity index (χ3v) is 5.64. The van der Waals surface area contributed by atoms with Crippen LogP contribution in [0, 0.1) is 6.92 Å². The number of hydrogen-bond donors (Lipinski definition) is 2. The van der Waals surface area contributed by atoms with Crippen LogP contribution < -0.4 is 15.5 Å². The Labute approximate surface area is 158 Å². The molecule has 0 bridgehead atoms. The first kappa shape index (κ1) is 19.0. The molecule has 0 aromatic heterocycles. The number of nitrogens with zero attached hydrogens (tertiary/aromatic N) is 4. The van der Waals surface area contributed by atoms with E-state index in [4.69, 9.17) is 0 Å². The highest BCUT2D eigenvalue weighted by atomic mass is 15.3. The standard InChI is InChI=1S/C20H34N6/c1-16-5-7-18(8-6-16)26-10-9-17(14-26)23-20(21-2)22-13-19-15-24(3)11-12-25(19)4/h5-8,17,19H,9-15H2,1-4H3,(H2,21,22,23). The number of guanidine groups is 1. The summed E-state index contributed by atoms with van der Waals surface area (Å²) in [5.74, 6) is 0.919. The molecule has 2 unspecified atom stereocenters. The Hall–Kier alpha value is -1.79. The molecule has 1 aromatic rings. The first-order valence-electron chi connectivity index (χ1n) is 9.72. The molecule has 2 aliphatic heterocycles. The molecule has 0 spiro atoms. The summed E-state index contributed by atoms with van der Waals surface area (Å²) >= 11 is 0. The number of benzene rings is 1. The summed E-state index contributed by atoms with van der Waals surface area (Å²) in [6.45, 7) is 8.55. The van der Waals surface area contributed by atoms with E-state index in [-0.39, 0.29) is 0 Å². The molecule has 2 aliphatic rings. The molecule has 0 saturated carbocycles. The number of aryl methyl sites for hydroxylation is 1. The van der Waals surface area contributed by atoms with Crippen LogP contribution >= 0.6 is 0 Å². The second kappa shape index (κ2) is 8.73. The van der Waals surface area contributed by atoms with Crippen LogP contribution in [0.15, 0.2) is 29.3 Å². The van der Waals surface area contributed by atoms with Gasteiger partial charge in [0.25, 0.3) is 0 Å². The lowest BCUT2D eigenvalue weighted by Gasteiger charge is -2.38. The maximum atomic E-state index is 4.43. The van der Waals surface area contributed by atoms with Gasteiger partial charge in [-0.15, -0.1) is 0 Å². The van der Waals surface area contributed by atoms with Crippen molar-refractivity contribution in [2.45, 2.75) is 25.4 Å². The highest BCUT2D eigenvalue weighted by molar-refractivity contribution is 5.80. The predicted octanol–water partition coefficient (Wildman–Crippen LogP) is 0.985. The smallest absolute Gasteiger partial charge is 0.191 e. The van der Waals surface area contributed by atoms with Crippen molar-refractivity contribution in [1.82, 2.24) is 20.4 Å². The summed E-state index contributed by atoms with van der Waals surface area (Å²) in [4.78, 5) is 11.7. The first-order valence-corrected chi connectivity index (χ1v) is 9.72. The van der Waals surface area contributed by atoms with Crippen molar-refractivity contribution in [3.05, 3.63) is 29.8 Å². The quantitative estimate of drug-likeness (QED) is 0.621. The lowest BCUT2D eigenvalue weighted by atomic mass is 10.2. The van der Waals surface area contributed by atoms with Crippen LogP contribution in [0.1, 0.15) is 12.0 Å². The Morgan fingerprint density at radius 2 is 1.88 bits per heavy atom. The van der Waals surface area contributed by atoms with Crippen LogP contribution in [0.2, 0.25) is 0 Å². The number of rotatable bonds is 4. The molecular weight excluding hydrogens is 324 g/mol. The SMILES string of the molecule is CN=C(NCC1CN(C)CCN1C)NC1CCN(c2ccc(C)cc2)C1. The molecule has 144 valence electrons. The van der Waals surface area contributed by atoms with Gasteiger partial charge >= 0.3 is 0 Å². The molecule has 2 atom stereocenters. The average molecular weight is 359 g/mol. The Bertz CT molecular complexity index is 599. The van der Waals surface area contributed by atoms with Crippen molar-refractivity contribution in [3.63, 3.8) is 0 Å². The van der Waals surface area contributed by atoms with Gasteiger partial charge in [-0.1, -0.05) is 17.7 Å². The van der Waals surface area contributed by atoms with E-state index in [1.54, 1.807) is 0 Å². The summed E-state index contributed by atoms with van der Waals surface area (Å²) in [7, 11) is 6.27. The number of hydrogen-bond acceptors (Lipinski definition) is 4. The molecule has 0 aliphatic carbocycles. The summed E-state index contributed by atoms with van der Waals surface area (Å²) in [5, 5.41) is 7.14. The molecule has 2 saturated heterocycles. The first-order chi connectivity index (χ1) is 12.5. The maximum absolute atomic E-state index is 4.43. The van der Waals surface area contributed by atoms with Crippen LogP contribution in [-0.2, 0) is 0 Å². The Morgan fingerprint density at radius 3 is 2.62 bits per heavy atom. The van der Waals surface area contributed by atoms with Crippen LogP contribution in [0.25, 0.3) is 0 Å². The van der Waals surface area contributed by atoms with Crippen molar-refractivity contribution in [1.29, 1.82) is 0 Å². The van der Waals surface area contributed by atoms with E-state index >= 15 is 0 Å². The van der Waals surface area contributed by atoms with Crippen molar-refractivity contribution < 1.29 is 0 Å². The molecule has 1 aromatic carbocycles. The van der Waals surface area contributed by atoms with E-state index in [1.165, 1.54) is 11.3 Å². The number of anilines is 1. The van der Waals surface area contributed by atoms with Crippen LogP contribution in [0.5, 0.6) is 0 Å². The van der Waals surface area contributed by atoms with Crippen molar-refractivity contribution in [2.24, 2.45) is 4.99 Å². The molecule has 6 heteroatoms. The summed E-state index contributed by atoms with van der Waals surface area (Å²) in [6, 6.07) is 9.79. The minimum absolute atomic E-state index is 0.439. The van der Waals surface area contributed by atoms with Crippen LogP contribution in [-0.4, -0.2) is 88.3 Å². The lowest BCUT2D eigenvalue weighted by Crippen LogP contribution is -2.56. The van der Waals surface area contributed by atoms with E-state index in [2.05, 4.69) is 75.6 Å². The molecule has 3 rings (SSSR count). The molecular formula is C20H34N6. The van der Waals surface area contributed by atoms with Crippen molar-refractivity contribution in [3.8, 4) is 0 Å². The van der Waals surface area contributed by atoms with Crippen LogP contribution in [0.4, 0.5) is 5.69 Å². The monoisotopic (exact) mass is 358 g/mol. The Kier molecular flexibility index (Phi) is 6.38. The third-order valence-electron chi connectivity index (χ3n) is 5.64. The van der Waals surface area contributed by atoms with E-state index in [0.29, 0.717) is 12.1 Å². The van der Waals surface area contributed by atoms with Gasteiger partial charge in [0, 0.05) is 64.1 Å². The van der Waals surface area contributed by atoms with E-state index in [9.17, 15) is 0 Å². The largest absolute Gasteiger partial charge is 0.369 e.